The molecule has 0 aromatic heterocycles. The quantitative estimate of drug-likeness (QED) is 0.715. The number of nitrogens with zero attached hydrogens (tertiary/aromatic N) is 2. The van der Waals surface area contributed by atoms with Gasteiger partial charge < -0.3 is 15.1 Å². The highest BCUT2D eigenvalue weighted by Crippen LogP contribution is 2.26. The number of likely N-dealkylation sites (tertiary alicyclic amines) is 2. The molecule has 162 valence electrons. The molecule has 2 heterocycles. The molecular weight excluding hydrogens is 458 g/mol. The van der Waals surface area contributed by atoms with Crippen LogP contribution >= 0.6 is 15.9 Å². The first-order valence-corrected chi connectivity index (χ1v) is 11.5. The molecule has 4 rings (SSSR count). The lowest BCUT2D eigenvalue weighted by molar-refractivity contribution is -0.138. The first-order chi connectivity index (χ1) is 15.0. The number of rotatable bonds is 4. The summed E-state index contributed by atoms with van der Waals surface area (Å²) in [4.78, 5) is 42.5. The molecule has 2 aliphatic heterocycles. The van der Waals surface area contributed by atoms with Crippen molar-refractivity contribution < 1.29 is 14.4 Å². The van der Waals surface area contributed by atoms with Crippen LogP contribution in [0.15, 0.2) is 59.1 Å². The predicted octanol–water partition coefficient (Wildman–Crippen LogP) is 3.93. The summed E-state index contributed by atoms with van der Waals surface area (Å²) in [5.74, 6) is -0.452. The summed E-state index contributed by atoms with van der Waals surface area (Å²) in [7, 11) is 0. The minimum atomic E-state index is -0.452. The molecule has 2 fully saturated rings. The molecular formula is C24H26BrN3O3. The standard InChI is InChI=1S/C24H26BrN3O3/c25-19-12-10-17(11-13-19)23(30)28-15-5-9-21(28)24(31)27-14-4-6-18(16-27)22(29)26-20-7-2-1-3-8-20/h1-3,7-8,10-13,18,21H,4-6,9,14-16H2,(H,26,29). The van der Waals surface area contributed by atoms with Crippen molar-refractivity contribution in [2.45, 2.75) is 31.7 Å². The molecule has 31 heavy (non-hydrogen) atoms. The molecule has 0 aliphatic carbocycles. The second-order valence-corrected chi connectivity index (χ2v) is 9.06. The topological polar surface area (TPSA) is 69.7 Å². The number of amides is 3. The Morgan fingerprint density at radius 3 is 2.35 bits per heavy atom. The molecule has 2 atom stereocenters. The van der Waals surface area contributed by atoms with Gasteiger partial charge in [0.1, 0.15) is 6.04 Å². The Balaban J connectivity index is 1.41. The average Bonchev–Trinajstić information content (AvgIpc) is 3.29. The summed E-state index contributed by atoms with van der Waals surface area (Å²) in [5, 5.41) is 2.95. The van der Waals surface area contributed by atoms with Gasteiger partial charge >= 0.3 is 0 Å². The smallest absolute Gasteiger partial charge is 0.254 e. The number of anilines is 1. The minimum Gasteiger partial charge on any atom is -0.340 e. The maximum atomic E-state index is 13.3. The largest absolute Gasteiger partial charge is 0.340 e. The van der Waals surface area contributed by atoms with Crippen LogP contribution in [0.2, 0.25) is 0 Å². The average molecular weight is 484 g/mol. The van der Waals surface area contributed by atoms with Gasteiger partial charge in [0.15, 0.2) is 0 Å². The van der Waals surface area contributed by atoms with E-state index in [1.54, 1.807) is 21.9 Å². The van der Waals surface area contributed by atoms with E-state index >= 15 is 0 Å². The lowest BCUT2D eigenvalue weighted by atomic mass is 9.96. The summed E-state index contributed by atoms with van der Waals surface area (Å²) in [6.07, 6.45) is 3.02. The third-order valence-electron chi connectivity index (χ3n) is 6.04. The van der Waals surface area contributed by atoms with Gasteiger partial charge in [0, 0.05) is 35.4 Å². The molecule has 2 aliphatic rings. The maximum Gasteiger partial charge on any atom is 0.254 e. The van der Waals surface area contributed by atoms with E-state index in [0.717, 1.165) is 29.4 Å². The van der Waals surface area contributed by atoms with Crippen molar-refractivity contribution in [1.82, 2.24) is 9.80 Å². The summed E-state index contributed by atoms with van der Waals surface area (Å²) >= 11 is 3.38. The molecule has 0 bridgehead atoms. The summed E-state index contributed by atoms with van der Waals surface area (Å²) < 4.78 is 0.909. The van der Waals surface area contributed by atoms with Crippen LogP contribution in [-0.2, 0) is 9.59 Å². The van der Waals surface area contributed by atoms with Crippen LogP contribution in [0.4, 0.5) is 5.69 Å². The second kappa shape index (κ2) is 9.64. The van der Waals surface area contributed by atoms with Crippen molar-refractivity contribution in [3.05, 3.63) is 64.6 Å². The number of para-hydroxylation sites is 1. The molecule has 0 saturated carbocycles. The highest BCUT2D eigenvalue weighted by molar-refractivity contribution is 9.10. The van der Waals surface area contributed by atoms with Gasteiger partial charge in [0.2, 0.25) is 11.8 Å². The summed E-state index contributed by atoms with van der Waals surface area (Å²) in [6.45, 7) is 1.61. The van der Waals surface area contributed by atoms with Crippen LogP contribution < -0.4 is 5.32 Å². The van der Waals surface area contributed by atoms with E-state index in [0.29, 0.717) is 31.6 Å². The molecule has 2 aromatic rings. The van der Waals surface area contributed by atoms with Crippen molar-refractivity contribution in [2.24, 2.45) is 5.92 Å². The zero-order chi connectivity index (χ0) is 21.8. The number of hydrogen-bond acceptors (Lipinski definition) is 3. The third-order valence-corrected chi connectivity index (χ3v) is 6.56. The van der Waals surface area contributed by atoms with Crippen molar-refractivity contribution in [1.29, 1.82) is 0 Å². The number of nitrogens with one attached hydrogen (secondary N) is 1. The zero-order valence-electron chi connectivity index (χ0n) is 17.3. The van der Waals surface area contributed by atoms with Gasteiger partial charge in [0.25, 0.3) is 5.91 Å². The number of piperidine rings is 1. The normalized spacial score (nSPS) is 21.1. The molecule has 2 saturated heterocycles. The van der Waals surface area contributed by atoms with Crippen molar-refractivity contribution in [3.8, 4) is 0 Å². The van der Waals surface area contributed by atoms with Gasteiger partial charge in [-0.25, -0.2) is 0 Å². The van der Waals surface area contributed by atoms with E-state index < -0.39 is 6.04 Å². The van der Waals surface area contributed by atoms with Crippen LogP contribution in [0, 0.1) is 5.92 Å². The van der Waals surface area contributed by atoms with Gasteiger partial charge in [-0.05, 0) is 62.1 Å². The Kier molecular flexibility index (Phi) is 6.70. The van der Waals surface area contributed by atoms with Crippen LogP contribution in [0.1, 0.15) is 36.0 Å². The number of hydrogen-bond donors (Lipinski definition) is 1. The van der Waals surface area contributed by atoms with Gasteiger partial charge in [0.05, 0.1) is 5.92 Å². The fraction of sp³-hybridized carbons (Fsp3) is 0.375. The molecule has 0 spiro atoms. The van der Waals surface area contributed by atoms with Crippen molar-refractivity contribution in [2.75, 3.05) is 25.0 Å². The van der Waals surface area contributed by atoms with Gasteiger partial charge in [-0.3, -0.25) is 14.4 Å². The van der Waals surface area contributed by atoms with Crippen molar-refractivity contribution >= 4 is 39.3 Å². The Morgan fingerprint density at radius 2 is 1.61 bits per heavy atom. The van der Waals surface area contributed by atoms with E-state index in [1.807, 2.05) is 42.5 Å². The zero-order valence-corrected chi connectivity index (χ0v) is 18.9. The van der Waals surface area contributed by atoms with E-state index in [4.69, 9.17) is 0 Å². The maximum absolute atomic E-state index is 13.3. The molecule has 2 unspecified atom stereocenters. The summed E-state index contributed by atoms with van der Waals surface area (Å²) in [5.41, 5.74) is 1.35. The first kappa shape index (κ1) is 21.6. The third kappa shape index (κ3) is 4.98. The number of halogens is 1. The predicted molar refractivity (Wildman–Crippen MR) is 123 cm³/mol. The first-order valence-electron chi connectivity index (χ1n) is 10.7. The highest BCUT2D eigenvalue weighted by Gasteiger charge is 2.39. The molecule has 2 aromatic carbocycles. The number of carbonyl (C=O) groups is 3. The SMILES string of the molecule is O=C(Nc1ccccc1)C1CCCN(C(=O)C2CCCN2C(=O)c2ccc(Br)cc2)C1. The van der Waals surface area contributed by atoms with E-state index in [2.05, 4.69) is 21.2 Å². The highest BCUT2D eigenvalue weighted by atomic mass is 79.9. The monoisotopic (exact) mass is 483 g/mol. The Labute approximate surface area is 190 Å². The van der Waals surface area contributed by atoms with E-state index in [1.165, 1.54) is 0 Å². The Morgan fingerprint density at radius 1 is 0.903 bits per heavy atom. The molecule has 0 radical (unpaired) electrons. The minimum absolute atomic E-state index is 0.0415. The molecule has 3 amide bonds. The van der Waals surface area contributed by atoms with Gasteiger partial charge in [-0.15, -0.1) is 0 Å². The van der Waals surface area contributed by atoms with Gasteiger partial charge in [-0.1, -0.05) is 34.1 Å². The van der Waals surface area contributed by atoms with Gasteiger partial charge in [-0.2, -0.15) is 0 Å². The van der Waals surface area contributed by atoms with E-state index in [9.17, 15) is 14.4 Å². The van der Waals surface area contributed by atoms with E-state index in [-0.39, 0.29) is 23.6 Å². The lowest BCUT2D eigenvalue weighted by Crippen LogP contribution is -2.51. The summed E-state index contributed by atoms with van der Waals surface area (Å²) in [6, 6.07) is 16.1. The van der Waals surface area contributed by atoms with Crippen molar-refractivity contribution in [3.63, 3.8) is 0 Å². The fourth-order valence-electron chi connectivity index (χ4n) is 4.39. The number of benzene rings is 2. The molecule has 7 heteroatoms. The Hall–Kier alpha value is -2.67. The van der Waals surface area contributed by atoms with Crippen LogP contribution in [0.3, 0.4) is 0 Å². The molecule has 1 N–H and O–H groups in total. The van der Waals surface area contributed by atoms with Crippen LogP contribution in [0.25, 0.3) is 0 Å². The number of carbonyl (C=O) groups excluding carboxylic acids is 3. The lowest BCUT2D eigenvalue weighted by Gasteiger charge is -2.35. The fourth-order valence-corrected chi connectivity index (χ4v) is 4.66. The van der Waals surface area contributed by atoms with Crippen LogP contribution in [0.5, 0.6) is 0 Å². The second-order valence-electron chi connectivity index (χ2n) is 8.14. The Bertz CT molecular complexity index is 948. The molecule has 6 nitrogen and oxygen atoms in total. The van der Waals surface area contributed by atoms with Crippen LogP contribution in [-0.4, -0.2) is 53.2 Å².